The van der Waals surface area contributed by atoms with Crippen LogP contribution in [-0.4, -0.2) is 35.3 Å². The summed E-state index contributed by atoms with van der Waals surface area (Å²) in [5, 5.41) is 11.9. The molecule has 5 nitrogen and oxygen atoms in total. The Morgan fingerprint density at radius 1 is 1.56 bits per heavy atom. The lowest BCUT2D eigenvalue weighted by molar-refractivity contribution is 0.187. The van der Waals surface area contributed by atoms with Gasteiger partial charge in [-0.1, -0.05) is 11.6 Å². The molecule has 0 aliphatic carbocycles. The Kier molecular flexibility index (Phi) is 4.50. The molecule has 0 atom stereocenters. The van der Waals surface area contributed by atoms with Gasteiger partial charge in [0, 0.05) is 28.9 Å². The summed E-state index contributed by atoms with van der Waals surface area (Å²) < 4.78 is 0.977. The van der Waals surface area contributed by atoms with E-state index in [-0.39, 0.29) is 6.04 Å². The Morgan fingerprint density at radius 2 is 2.22 bits per heavy atom. The minimum atomic E-state index is -0.959. The van der Waals surface area contributed by atoms with E-state index in [9.17, 15) is 4.79 Å². The number of piperidine rings is 1. The Bertz CT molecular complexity index is 450. The number of carbonyl (C=O) groups is 1. The number of amides is 1. The highest BCUT2D eigenvalue weighted by Gasteiger charge is 2.23. The molecular weight excluding hydrogens is 368 g/mol. The van der Waals surface area contributed by atoms with Gasteiger partial charge in [-0.05, 0) is 41.5 Å². The minimum Gasteiger partial charge on any atom is -0.465 e. The van der Waals surface area contributed by atoms with Crippen molar-refractivity contribution in [2.45, 2.75) is 18.9 Å². The van der Waals surface area contributed by atoms with Crippen molar-refractivity contribution in [3.8, 4) is 0 Å². The predicted molar refractivity (Wildman–Crippen MR) is 78.4 cm³/mol. The topological polar surface area (TPSA) is 65.5 Å². The van der Waals surface area contributed by atoms with Crippen LogP contribution in [0.5, 0.6) is 0 Å². The fourth-order valence-corrected chi connectivity index (χ4v) is 2.67. The first-order valence-electron chi connectivity index (χ1n) is 5.62. The molecule has 0 unspecified atom stereocenters. The molecule has 2 N–H and O–H groups in total. The highest BCUT2D eigenvalue weighted by molar-refractivity contribution is 14.1. The average molecular weight is 382 g/mol. The van der Waals surface area contributed by atoms with Crippen LogP contribution < -0.4 is 10.2 Å². The third kappa shape index (κ3) is 3.17. The standard InChI is InChI=1S/C11H13ClIN3O2/c12-9-8(13)1-4-14-10(9)16-5-2-7(3-6-16)15-11(17)18/h1,4,7,15H,2-3,5-6H2,(H,17,18). The molecule has 0 bridgehead atoms. The van der Waals surface area contributed by atoms with Crippen molar-refractivity contribution in [1.82, 2.24) is 10.3 Å². The van der Waals surface area contributed by atoms with E-state index in [0.29, 0.717) is 5.02 Å². The molecule has 1 aliphatic heterocycles. The normalized spacial score (nSPS) is 16.7. The molecule has 1 aliphatic rings. The molecule has 1 aromatic heterocycles. The van der Waals surface area contributed by atoms with Gasteiger partial charge in [-0.15, -0.1) is 0 Å². The molecule has 18 heavy (non-hydrogen) atoms. The zero-order chi connectivity index (χ0) is 13.1. The SMILES string of the molecule is O=C(O)NC1CCN(c2nccc(I)c2Cl)CC1. The number of anilines is 1. The van der Waals surface area contributed by atoms with Crippen LogP contribution in [-0.2, 0) is 0 Å². The average Bonchev–Trinajstić information content (AvgIpc) is 2.33. The largest absolute Gasteiger partial charge is 0.465 e. The number of halogens is 2. The zero-order valence-electron chi connectivity index (χ0n) is 9.57. The summed E-state index contributed by atoms with van der Waals surface area (Å²) in [6.07, 6.45) is 2.33. The molecule has 0 spiro atoms. The smallest absolute Gasteiger partial charge is 0.404 e. The van der Waals surface area contributed by atoms with E-state index in [4.69, 9.17) is 16.7 Å². The number of hydrogen-bond acceptors (Lipinski definition) is 3. The number of rotatable bonds is 2. The Labute approximate surface area is 124 Å². The first-order chi connectivity index (χ1) is 8.58. The maximum absolute atomic E-state index is 10.6. The van der Waals surface area contributed by atoms with Crippen LogP contribution in [0, 0.1) is 3.57 Å². The third-order valence-electron chi connectivity index (χ3n) is 2.95. The van der Waals surface area contributed by atoms with Crippen LogP contribution in [0.2, 0.25) is 5.02 Å². The van der Waals surface area contributed by atoms with E-state index in [0.717, 1.165) is 35.3 Å². The molecule has 2 heterocycles. The van der Waals surface area contributed by atoms with Crippen molar-refractivity contribution in [3.63, 3.8) is 0 Å². The van der Waals surface area contributed by atoms with E-state index in [1.807, 2.05) is 6.07 Å². The first-order valence-corrected chi connectivity index (χ1v) is 7.08. The Hall–Kier alpha value is -0.760. The van der Waals surface area contributed by atoms with E-state index in [1.165, 1.54) is 0 Å². The van der Waals surface area contributed by atoms with Crippen molar-refractivity contribution < 1.29 is 9.90 Å². The molecule has 1 aromatic rings. The predicted octanol–water partition coefficient (Wildman–Crippen LogP) is 2.58. The molecular formula is C11H13ClIN3O2. The van der Waals surface area contributed by atoms with Crippen molar-refractivity contribution >= 4 is 46.1 Å². The fourth-order valence-electron chi connectivity index (χ4n) is 2.04. The van der Waals surface area contributed by atoms with Gasteiger partial charge in [-0.2, -0.15) is 0 Å². The second-order valence-electron chi connectivity index (χ2n) is 4.14. The van der Waals surface area contributed by atoms with Crippen LogP contribution >= 0.6 is 34.2 Å². The highest BCUT2D eigenvalue weighted by Crippen LogP contribution is 2.29. The van der Waals surface area contributed by atoms with E-state index >= 15 is 0 Å². The van der Waals surface area contributed by atoms with Gasteiger partial charge in [-0.3, -0.25) is 0 Å². The minimum absolute atomic E-state index is 0.0281. The van der Waals surface area contributed by atoms with E-state index < -0.39 is 6.09 Å². The molecule has 1 fully saturated rings. The van der Waals surface area contributed by atoms with Crippen LogP contribution in [0.25, 0.3) is 0 Å². The second-order valence-corrected chi connectivity index (χ2v) is 5.68. The highest BCUT2D eigenvalue weighted by atomic mass is 127. The number of nitrogens with one attached hydrogen (secondary N) is 1. The Morgan fingerprint density at radius 3 is 2.83 bits per heavy atom. The summed E-state index contributed by atoms with van der Waals surface area (Å²) in [5.41, 5.74) is 0. The lowest BCUT2D eigenvalue weighted by atomic mass is 10.1. The summed E-state index contributed by atoms with van der Waals surface area (Å²) in [4.78, 5) is 17.0. The van der Waals surface area contributed by atoms with Gasteiger partial charge < -0.3 is 15.3 Å². The number of aromatic nitrogens is 1. The Balaban J connectivity index is 2.01. The van der Waals surface area contributed by atoms with E-state index in [2.05, 4.69) is 37.8 Å². The van der Waals surface area contributed by atoms with Gasteiger partial charge in [0.1, 0.15) is 5.82 Å². The van der Waals surface area contributed by atoms with Crippen LogP contribution in [0.15, 0.2) is 12.3 Å². The van der Waals surface area contributed by atoms with Crippen LogP contribution in [0.3, 0.4) is 0 Å². The summed E-state index contributed by atoms with van der Waals surface area (Å²) in [6.45, 7) is 1.52. The molecule has 2 rings (SSSR count). The molecule has 0 aromatic carbocycles. The fraction of sp³-hybridized carbons (Fsp3) is 0.455. The van der Waals surface area contributed by atoms with Gasteiger partial charge in [-0.25, -0.2) is 9.78 Å². The molecule has 7 heteroatoms. The first kappa shape index (κ1) is 13.7. The second kappa shape index (κ2) is 5.92. The molecule has 1 amide bonds. The summed E-state index contributed by atoms with van der Waals surface area (Å²) in [7, 11) is 0. The van der Waals surface area contributed by atoms with Crippen molar-refractivity contribution in [2.24, 2.45) is 0 Å². The summed E-state index contributed by atoms with van der Waals surface area (Å²) in [5.74, 6) is 0.789. The van der Waals surface area contributed by atoms with Crippen molar-refractivity contribution in [3.05, 3.63) is 20.9 Å². The summed E-state index contributed by atoms with van der Waals surface area (Å²) >= 11 is 8.40. The van der Waals surface area contributed by atoms with Crippen molar-refractivity contribution in [2.75, 3.05) is 18.0 Å². The lowest BCUT2D eigenvalue weighted by Gasteiger charge is -2.33. The van der Waals surface area contributed by atoms with E-state index in [1.54, 1.807) is 6.20 Å². The quantitative estimate of drug-likeness (QED) is 0.773. The molecule has 0 radical (unpaired) electrons. The maximum atomic E-state index is 10.6. The van der Waals surface area contributed by atoms with Gasteiger partial charge in [0.2, 0.25) is 0 Å². The van der Waals surface area contributed by atoms with Gasteiger partial charge >= 0.3 is 6.09 Å². The molecule has 0 saturated carbocycles. The van der Waals surface area contributed by atoms with Gasteiger partial charge in [0.25, 0.3) is 0 Å². The molecule has 1 saturated heterocycles. The van der Waals surface area contributed by atoms with Gasteiger partial charge in [0.05, 0.1) is 5.02 Å². The molecule has 98 valence electrons. The number of hydrogen-bond donors (Lipinski definition) is 2. The van der Waals surface area contributed by atoms with Crippen LogP contribution in [0.4, 0.5) is 10.6 Å². The third-order valence-corrected chi connectivity index (χ3v) is 4.54. The van der Waals surface area contributed by atoms with Gasteiger partial charge in [0.15, 0.2) is 0 Å². The maximum Gasteiger partial charge on any atom is 0.404 e. The van der Waals surface area contributed by atoms with Crippen molar-refractivity contribution in [1.29, 1.82) is 0 Å². The van der Waals surface area contributed by atoms with Crippen LogP contribution in [0.1, 0.15) is 12.8 Å². The lowest BCUT2D eigenvalue weighted by Crippen LogP contribution is -2.44. The number of pyridine rings is 1. The monoisotopic (exact) mass is 381 g/mol. The number of carboxylic acid groups (broad SMARTS) is 1. The number of nitrogens with zero attached hydrogens (tertiary/aromatic N) is 2. The summed E-state index contributed by atoms with van der Waals surface area (Å²) in [6, 6.07) is 1.89. The zero-order valence-corrected chi connectivity index (χ0v) is 12.5.